The fraction of sp³-hybridized carbons (Fsp3) is 0.286. The number of carbonyl (C=O) groups is 1. The lowest BCUT2D eigenvalue weighted by molar-refractivity contribution is -0.123. The molecule has 0 spiro atoms. The van der Waals surface area contributed by atoms with Crippen LogP contribution in [0.15, 0.2) is 53.7 Å². The number of hydrogen-bond donors (Lipinski definition) is 0. The molecule has 5 nitrogen and oxygen atoms in total. The zero-order valence-electron chi connectivity index (χ0n) is 16.4. The SMILES string of the molecule is CC(C)(C)C(=O)CSc1nnc(COc2ccc(Cl)cc2)n1-c1ccc(Cl)cc1. The number of Topliss-reactive ketones (excluding diaryl/α,β-unsaturated/α-hetero) is 1. The van der Waals surface area contributed by atoms with Crippen LogP contribution in [0, 0.1) is 5.41 Å². The van der Waals surface area contributed by atoms with Crippen LogP contribution in [0.25, 0.3) is 5.69 Å². The van der Waals surface area contributed by atoms with Crippen LogP contribution in [0.5, 0.6) is 5.75 Å². The quantitative estimate of drug-likeness (QED) is 0.422. The van der Waals surface area contributed by atoms with Gasteiger partial charge in [-0.05, 0) is 48.5 Å². The standard InChI is InChI=1S/C21H21Cl2N3O2S/c1-21(2,3)18(27)13-29-20-25-24-19(12-28-17-10-6-15(23)7-11-17)26(20)16-8-4-14(22)5-9-16/h4-11H,12-13H2,1-3H3. The largest absolute Gasteiger partial charge is 0.486 e. The van der Waals surface area contributed by atoms with Crippen molar-refractivity contribution in [2.75, 3.05) is 5.75 Å². The molecule has 0 atom stereocenters. The molecule has 1 heterocycles. The van der Waals surface area contributed by atoms with E-state index in [9.17, 15) is 4.79 Å². The molecule has 0 fully saturated rings. The number of nitrogens with zero attached hydrogens (tertiary/aromatic N) is 3. The van der Waals surface area contributed by atoms with Crippen molar-refractivity contribution in [3.63, 3.8) is 0 Å². The predicted octanol–water partition coefficient (Wildman–Crippen LogP) is 5.86. The number of thioether (sulfide) groups is 1. The van der Waals surface area contributed by atoms with Crippen LogP contribution in [-0.2, 0) is 11.4 Å². The maximum Gasteiger partial charge on any atom is 0.196 e. The van der Waals surface area contributed by atoms with Crippen LogP contribution in [0.2, 0.25) is 10.0 Å². The summed E-state index contributed by atoms with van der Waals surface area (Å²) in [5, 5.41) is 10.5. The monoisotopic (exact) mass is 449 g/mol. The number of halogens is 2. The van der Waals surface area contributed by atoms with E-state index in [0.717, 1.165) is 5.69 Å². The lowest BCUT2D eigenvalue weighted by Gasteiger charge is -2.16. The lowest BCUT2D eigenvalue weighted by atomic mass is 9.92. The van der Waals surface area contributed by atoms with Crippen LogP contribution in [0.3, 0.4) is 0 Å². The van der Waals surface area contributed by atoms with Gasteiger partial charge in [0.2, 0.25) is 0 Å². The Hall–Kier alpha value is -2.02. The van der Waals surface area contributed by atoms with Crippen molar-refractivity contribution < 1.29 is 9.53 Å². The Labute approximate surface area is 184 Å². The van der Waals surface area contributed by atoms with Gasteiger partial charge >= 0.3 is 0 Å². The van der Waals surface area contributed by atoms with Gasteiger partial charge < -0.3 is 4.74 Å². The number of carbonyl (C=O) groups excluding carboxylic acids is 1. The van der Waals surface area contributed by atoms with Crippen LogP contribution in [0.1, 0.15) is 26.6 Å². The van der Waals surface area contributed by atoms with Gasteiger partial charge in [-0.3, -0.25) is 9.36 Å². The van der Waals surface area contributed by atoms with Crippen LogP contribution in [-0.4, -0.2) is 26.3 Å². The Balaban J connectivity index is 1.85. The zero-order chi connectivity index (χ0) is 21.0. The Morgan fingerprint density at radius 3 is 2.17 bits per heavy atom. The highest BCUT2D eigenvalue weighted by Crippen LogP contribution is 2.27. The minimum atomic E-state index is -0.404. The number of ether oxygens (including phenoxy) is 1. The highest BCUT2D eigenvalue weighted by Gasteiger charge is 2.23. The third kappa shape index (κ3) is 5.75. The van der Waals surface area contributed by atoms with Crippen LogP contribution < -0.4 is 4.74 Å². The van der Waals surface area contributed by atoms with Gasteiger partial charge in [0.05, 0.1) is 5.75 Å². The summed E-state index contributed by atoms with van der Waals surface area (Å²) in [4.78, 5) is 12.3. The molecule has 0 aliphatic carbocycles. The summed E-state index contributed by atoms with van der Waals surface area (Å²) in [5.74, 6) is 1.75. The second-order valence-corrected chi connectivity index (χ2v) is 9.23. The summed E-state index contributed by atoms with van der Waals surface area (Å²) in [6, 6.07) is 14.5. The Kier molecular flexibility index (Phi) is 6.88. The summed E-state index contributed by atoms with van der Waals surface area (Å²) < 4.78 is 7.72. The minimum Gasteiger partial charge on any atom is -0.486 e. The van der Waals surface area contributed by atoms with Crippen LogP contribution >= 0.6 is 35.0 Å². The highest BCUT2D eigenvalue weighted by molar-refractivity contribution is 7.99. The molecule has 0 aliphatic rings. The third-order valence-corrected chi connectivity index (χ3v) is 5.57. The van der Waals surface area contributed by atoms with Crippen molar-refractivity contribution in [1.29, 1.82) is 0 Å². The van der Waals surface area contributed by atoms with Gasteiger partial charge in [0, 0.05) is 21.1 Å². The number of ketones is 1. The molecule has 0 bridgehead atoms. The van der Waals surface area contributed by atoms with E-state index in [1.807, 2.05) is 37.5 Å². The van der Waals surface area contributed by atoms with Gasteiger partial charge in [0.25, 0.3) is 0 Å². The molecular weight excluding hydrogens is 429 g/mol. The fourth-order valence-electron chi connectivity index (χ4n) is 2.36. The van der Waals surface area contributed by atoms with Gasteiger partial charge in [0.15, 0.2) is 11.0 Å². The molecule has 3 aromatic rings. The molecule has 0 saturated heterocycles. The number of benzene rings is 2. The molecule has 29 heavy (non-hydrogen) atoms. The van der Waals surface area contributed by atoms with Crippen molar-refractivity contribution in [3.05, 3.63) is 64.4 Å². The summed E-state index contributed by atoms with van der Waals surface area (Å²) in [6.45, 7) is 5.94. The van der Waals surface area contributed by atoms with E-state index >= 15 is 0 Å². The van der Waals surface area contributed by atoms with E-state index in [1.54, 1.807) is 36.4 Å². The summed E-state index contributed by atoms with van der Waals surface area (Å²) in [6.07, 6.45) is 0. The van der Waals surface area contributed by atoms with E-state index in [2.05, 4.69) is 10.2 Å². The van der Waals surface area contributed by atoms with E-state index < -0.39 is 5.41 Å². The predicted molar refractivity (Wildman–Crippen MR) is 117 cm³/mol. The second kappa shape index (κ2) is 9.20. The first kappa shape index (κ1) is 21.7. The molecule has 0 saturated carbocycles. The smallest absolute Gasteiger partial charge is 0.196 e. The lowest BCUT2D eigenvalue weighted by Crippen LogP contribution is -2.22. The van der Waals surface area contributed by atoms with Crippen molar-refractivity contribution >= 4 is 40.7 Å². The van der Waals surface area contributed by atoms with Crippen molar-refractivity contribution in [2.45, 2.75) is 32.5 Å². The number of hydrogen-bond acceptors (Lipinski definition) is 5. The van der Waals surface area contributed by atoms with Crippen molar-refractivity contribution in [2.24, 2.45) is 5.41 Å². The molecule has 0 radical (unpaired) electrons. The number of rotatable bonds is 7. The maximum absolute atomic E-state index is 12.3. The molecule has 152 valence electrons. The molecule has 3 rings (SSSR count). The summed E-state index contributed by atoms with van der Waals surface area (Å²) >= 11 is 13.3. The average Bonchev–Trinajstić information content (AvgIpc) is 3.08. The molecule has 2 aromatic carbocycles. The maximum atomic E-state index is 12.3. The fourth-order valence-corrected chi connectivity index (χ4v) is 3.75. The van der Waals surface area contributed by atoms with E-state index in [-0.39, 0.29) is 12.4 Å². The Morgan fingerprint density at radius 2 is 1.59 bits per heavy atom. The average molecular weight is 450 g/mol. The first-order valence-electron chi connectivity index (χ1n) is 8.99. The molecule has 1 aromatic heterocycles. The normalized spacial score (nSPS) is 11.5. The third-order valence-electron chi connectivity index (χ3n) is 4.14. The molecule has 8 heteroatoms. The molecule has 0 unspecified atom stereocenters. The highest BCUT2D eigenvalue weighted by atomic mass is 35.5. The zero-order valence-corrected chi connectivity index (χ0v) is 18.7. The molecule has 0 aliphatic heterocycles. The molecular formula is C21H21Cl2N3O2S. The summed E-state index contributed by atoms with van der Waals surface area (Å²) in [5.41, 5.74) is 0.443. The summed E-state index contributed by atoms with van der Waals surface area (Å²) in [7, 11) is 0. The molecule has 0 N–H and O–H groups in total. The van der Waals surface area contributed by atoms with Crippen molar-refractivity contribution in [1.82, 2.24) is 14.8 Å². The van der Waals surface area contributed by atoms with Gasteiger partial charge in [-0.1, -0.05) is 55.7 Å². The first-order chi connectivity index (χ1) is 13.7. The van der Waals surface area contributed by atoms with Crippen molar-refractivity contribution in [3.8, 4) is 11.4 Å². The van der Waals surface area contributed by atoms with E-state index in [1.165, 1.54) is 11.8 Å². The van der Waals surface area contributed by atoms with E-state index in [0.29, 0.717) is 32.5 Å². The van der Waals surface area contributed by atoms with Crippen LogP contribution in [0.4, 0.5) is 0 Å². The molecule has 0 amide bonds. The number of aromatic nitrogens is 3. The van der Waals surface area contributed by atoms with Gasteiger partial charge in [-0.15, -0.1) is 10.2 Å². The Bertz CT molecular complexity index is 981. The van der Waals surface area contributed by atoms with Gasteiger partial charge in [0.1, 0.15) is 18.1 Å². The second-order valence-electron chi connectivity index (χ2n) is 7.42. The Morgan fingerprint density at radius 1 is 1.00 bits per heavy atom. The minimum absolute atomic E-state index is 0.145. The topological polar surface area (TPSA) is 57.0 Å². The van der Waals surface area contributed by atoms with Gasteiger partial charge in [-0.25, -0.2) is 0 Å². The van der Waals surface area contributed by atoms with Gasteiger partial charge in [-0.2, -0.15) is 0 Å². The van der Waals surface area contributed by atoms with E-state index in [4.69, 9.17) is 27.9 Å². The first-order valence-corrected chi connectivity index (χ1v) is 10.7.